The van der Waals surface area contributed by atoms with Gasteiger partial charge in [0.15, 0.2) is 11.9 Å². The van der Waals surface area contributed by atoms with Crippen molar-refractivity contribution in [2.45, 2.75) is 77.6 Å². The molecule has 1 fully saturated rings. The van der Waals surface area contributed by atoms with Crippen molar-refractivity contribution in [3.63, 3.8) is 0 Å². The van der Waals surface area contributed by atoms with Crippen molar-refractivity contribution in [2.75, 3.05) is 12.3 Å². The Morgan fingerprint density at radius 2 is 1.91 bits per heavy atom. The van der Waals surface area contributed by atoms with Crippen LogP contribution in [0.4, 0.5) is 5.82 Å². The highest BCUT2D eigenvalue weighted by Crippen LogP contribution is 2.49. The maximum Gasteiger partial charge on any atom is 0.459 e. The third-order valence-electron chi connectivity index (χ3n) is 6.75. The number of aliphatic hydroxyl groups excluding tert-OH is 1. The van der Waals surface area contributed by atoms with Crippen LogP contribution in [0.5, 0.6) is 5.75 Å². The predicted molar refractivity (Wildman–Crippen MR) is 159 cm³/mol. The molecule has 1 saturated heterocycles. The molecule has 4 N–H and O–H groups in total. The Labute approximate surface area is 260 Å². The molecule has 0 radical (unpaired) electrons. The lowest BCUT2D eigenvalue weighted by molar-refractivity contribution is -0.165. The van der Waals surface area contributed by atoms with Gasteiger partial charge in [0.25, 0.3) is 0 Å². The first-order valence-electron chi connectivity index (χ1n) is 14.1. The number of para-hydroxylation sites is 1. The summed E-state index contributed by atoms with van der Waals surface area (Å²) in [5.41, 5.74) is 3.47. The first-order chi connectivity index (χ1) is 21.1. The minimum atomic E-state index is -4.47. The van der Waals surface area contributed by atoms with Gasteiger partial charge in [-0.25, -0.2) is 14.1 Å². The van der Waals surface area contributed by atoms with Gasteiger partial charge in [0, 0.05) is 0 Å². The van der Waals surface area contributed by atoms with Crippen molar-refractivity contribution in [3.8, 4) is 11.8 Å². The van der Waals surface area contributed by atoms with Crippen molar-refractivity contribution in [2.24, 2.45) is 5.41 Å². The van der Waals surface area contributed by atoms with Gasteiger partial charge in [0.05, 0.1) is 17.2 Å². The van der Waals surface area contributed by atoms with E-state index in [1.807, 2.05) is 6.07 Å². The van der Waals surface area contributed by atoms with Crippen molar-refractivity contribution in [1.29, 1.82) is 5.26 Å². The summed E-state index contributed by atoms with van der Waals surface area (Å²) >= 11 is 0. The zero-order chi connectivity index (χ0) is 33.2. The van der Waals surface area contributed by atoms with Crippen LogP contribution in [-0.4, -0.2) is 68.2 Å². The molecule has 2 aromatic heterocycles. The number of aromatic nitrogens is 3. The first-order valence-corrected chi connectivity index (χ1v) is 15.7. The van der Waals surface area contributed by atoms with E-state index in [0.717, 1.165) is 0 Å². The zero-order valence-electron chi connectivity index (χ0n) is 25.7. The Bertz CT molecular complexity index is 1620. The minimum absolute atomic E-state index is 0.128. The molecule has 45 heavy (non-hydrogen) atoms. The second kappa shape index (κ2) is 13.1. The number of nitrogens with two attached hydrogens (primary N) is 1. The summed E-state index contributed by atoms with van der Waals surface area (Å²) in [6.07, 6.45) is -3.73. The SMILES string of the molecule is CC(C)OC(=O)[C@H](C)NP(=O)(OC[C@@]1(C#N)O[C@@H](c2ccc3c(N)ncnn23)[C@H](OC(=O)C(C)(C)C)[C@@H]1O)Oc1ccccc1. The van der Waals surface area contributed by atoms with Gasteiger partial charge in [0.1, 0.15) is 48.5 Å². The Morgan fingerprint density at radius 1 is 1.22 bits per heavy atom. The van der Waals surface area contributed by atoms with Gasteiger partial charge in [-0.2, -0.15) is 15.4 Å². The molecule has 1 aliphatic heterocycles. The number of rotatable bonds is 11. The fraction of sp³-hybridized carbons (Fsp3) is 0.483. The molecule has 3 heterocycles. The van der Waals surface area contributed by atoms with Crippen LogP contribution in [0.25, 0.3) is 5.52 Å². The van der Waals surface area contributed by atoms with E-state index < -0.39 is 67.8 Å². The van der Waals surface area contributed by atoms with Gasteiger partial charge in [-0.05, 0) is 65.8 Å². The van der Waals surface area contributed by atoms with Crippen molar-refractivity contribution in [3.05, 3.63) is 54.5 Å². The summed E-state index contributed by atoms with van der Waals surface area (Å²) < 4.78 is 43.9. The van der Waals surface area contributed by atoms with Crippen molar-refractivity contribution >= 4 is 31.0 Å². The lowest BCUT2D eigenvalue weighted by Crippen LogP contribution is -2.48. The molecule has 1 unspecified atom stereocenters. The maximum atomic E-state index is 14.1. The van der Waals surface area contributed by atoms with Gasteiger partial charge in [0.2, 0.25) is 5.60 Å². The molecule has 0 saturated carbocycles. The van der Waals surface area contributed by atoms with Gasteiger partial charge >= 0.3 is 19.7 Å². The van der Waals surface area contributed by atoms with Crippen molar-refractivity contribution in [1.82, 2.24) is 19.7 Å². The van der Waals surface area contributed by atoms with Gasteiger partial charge in [-0.1, -0.05) is 18.2 Å². The Hall–Kier alpha value is -4.06. The molecule has 15 nitrogen and oxygen atoms in total. The first kappa shape index (κ1) is 33.8. The number of carbonyl (C=O) groups is 2. The third kappa shape index (κ3) is 7.43. The summed E-state index contributed by atoms with van der Waals surface area (Å²) in [7, 11) is -4.47. The van der Waals surface area contributed by atoms with E-state index in [1.54, 1.807) is 65.0 Å². The number of esters is 2. The summed E-state index contributed by atoms with van der Waals surface area (Å²) in [5, 5.41) is 28.7. The van der Waals surface area contributed by atoms with E-state index in [4.69, 9.17) is 29.0 Å². The largest absolute Gasteiger partial charge is 0.462 e. The molecule has 1 aliphatic rings. The molecule has 16 heteroatoms. The van der Waals surface area contributed by atoms with E-state index in [2.05, 4.69) is 15.2 Å². The lowest BCUT2D eigenvalue weighted by Gasteiger charge is -2.29. The number of carbonyl (C=O) groups excluding carboxylic acids is 2. The number of aliphatic hydroxyl groups is 1. The molecule has 242 valence electrons. The van der Waals surface area contributed by atoms with Crippen LogP contribution in [0.15, 0.2) is 48.8 Å². The standard InChI is InChI=1S/C29H37N6O9P/c1-17(2)41-26(37)18(3)34-45(39,44-19-10-8-7-9-11-19)40-15-29(14-30)24(36)23(42-27(38)28(4,5)6)22(43-29)20-12-13-21-25(31)32-16-33-35(20)21/h7-13,16-18,22-24,36H,15H2,1-6H3,(H,34,39)(H2,31,32,33)/t18-,22-,23-,24-,29+,45?/m0/s1. The average Bonchev–Trinajstić information content (AvgIpc) is 3.52. The lowest BCUT2D eigenvalue weighted by atomic mass is 9.94. The van der Waals surface area contributed by atoms with Crippen LogP contribution in [0.3, 0.4) is 0 Å². The maximum absolute atomic E-state index is 14.1. The molecular weight excluding hydrogens is 607 g/mol. The average molecular weight is 645 g/mol. The number of nitriles is 1. The smallest absolute Gasteiger partial charge is 0.459 e. The van der Waals surface area contributed by atoms with Crippen LogP contribution in [-0.2, 0) is 32.9 Å². The topological polar surface area (TPSA) is 210 Å². The second-order valence-electron chi connectivity index (χ2n) is 11.8. The Morgan fingerprint density at radius 3 is 2.53 bits per heavy atom. The monoisotopic (exact) mass is 644 g/mol. The Balaban J connectivity index is 1.69. The summed E-state index contributed by atoms with van der Waals surface area (Å²) in [5.74, 6) is -1.12. The van der Waals surface area contributed by atoms with Crippen LogP contribution in [0, 0.1) is 16.7 Å². The number of anilines is 1. The molecule has 0 amide bonds. The fourth-order valence-electron chi connectivity index (χ4n) is 4.40. The van der Waals surface area contributed by atoms with Crippen LogP contribution >= 0.6 is 7.75 Å². The van der Waals surface area contributed by atoms with Crippen LogP contribution in [0.1, 0.15) is 53.3 Å². The molecule has 6 atom stereocenters. The number of ether oxygens (including phenoxy) is 3. The number of benzene rings is 1. The second-order valence-corrected chi connectivity index (χ2v) is 13.5. The normalized spacial score (nSPS) is 23.7. The molecule has 0 spiro atoms. The summed E-state index contributed by atoms with van der Waals surface area (Å²) in [4.78, 5) is 29.5. The molecule has 4 rings (SSSR count). The van der Waals surface area contributed by atoms with Crippen LogP contribution in [0.2, 0.25) is 0 Å². The van der Waals surface area contributed by atoms with Crippen LogP contribution < -0.4 is 15.3 Å². The molecule has 3 aromatic rings. The number of fused-ring (bicyclic) bond motifs is 1. The molecule has 1 aromatic carbocycles. The van der Waals surface area contributed by atoms with E-state index in [1.165, 1.54) is 29.9 Å². The quantitative estimate of drug-likeness (QED) is 0.202. The van der Waals surface area contributed by atoms with Gasteiger partial charge < -0.3 is 29.6 Å². The number of hydrogen-bond acceptors (Lipinski definition) is 13. The van der Waals surface area contributed by atoms with Gasteiger partial charge in [-0.15, -0.1) is 0 Å². The molecular formula is C29H37N6O9P. The minimum Gasteiger partial charge on any atom is -0.462 e. The zero-order valence-corrected chi connectivity index (χ0v) is 26.6. The van der Waals surface area contributed by atoms with E-state index in [-0.39, 0.29) is 17.3 Å². The predicted octanol–water partition coefficient (Wildman–Crippen LogP) is 3.10. The third-order valence-corrected chi connectivity index (χ3v) is 8.37. The highest BCUT2D eigenvalue weighted by molar-refractivity contribution is 7.52. The van der Waals surface area contributed by atoms with E-state index >= 15 is 0 Å². The highest BCUT2D eigenvalue weighted by Gasteiger charge is 2.60. The number of hydrogen-bond donors (Lipinski definition) is 3. The highest BCUT2D eigenvalue weighted by atomic mass is 31.2. The van der Waals surface area contributed by atoms with E-state index in [9.17, 15) is 24.5 Å². The number of nitrogen functional groups attached to an aromatic ring is 1. The molecule has 0 bridgehead atoms. The number of nitrogens with zero attached hydrogens (tertiary/aromatic N) is 4. The van der Waals surface area contributed by atoms with Crippen molar-refractivity contribution < 1.29 is 42.5 Å². The summed E-state index contributed by atoms with van der Waals surface area (Å²) in [6.45, 7) is 8.76. The Kier molecular flexibility index (Phi) is 9.86. The van der Waals surface area contributed by atoms with E-state index in [0.29, 0.717) is 5.52 Å². The number of nitrogens with one attached hydrogen (secondary N) is 1. The fourth-order valence-corrected chi connectivity index (χ4v) is 5.92. The summed E-state index contributed by atoms with van der Waals surface area (Å²) in [6, 6.07) is 11.9. The van der Waals surface area contributed by atoms with Gasteiger partial charge in [-0.3, -0.25) is 14.1 Å². The molecule has 0 aliphatic carbocycles.